The Morgan fingerprint density at radius 3 is 2.58 bits per heavy atom. The standard InChI is InChI=1S/C24H22N6O2S/c1-16(2)30(33(31)32)20-8-6-18(7-9-20)22-11-12-23-24(26-22)29(28-27-23)15-17-5-10-21-19(14-17)4-3-13-25-21/h3-14,16H,15H2,1-2H3,(H,31,32)/p-1. The SMILES string of the molecule is CC(C)N(c1ccc(-c2ccc3nnn(Cc4ccc5ncccc5c4)c3n2)cc1)S(=O)[O-]. The molecule has 1 atom stereocenters. The number of anilines is 1. The molecule has 0 bridgehead atoms. The molecule has 0 amide bonds. The number of hydrogen-bond donors (Lipinski definition) is 0. The third-order valence-electron chi connectivity index (χ3n) is 5.41. The van der Waals surface area contributed by atoms with Crippen LogP contribution in [-0.2, 0) is 17.8 Å². The van der Waals surface area contributed by atoms with Crippen LogP contribution in [0.1, 0.15) is 19.4 Å². The van der Waals surface area contributed by atoms with Gasteiger partial charge in [-0.2, -0.15) is 0 Å². The highest BCUT2D eigenvalue weighted by Gasteiger charge is 2.13. The molecule has 33 heavy (non-hydrogen) atoms. The van der Waals surface area contributed by atoms with Crippen LogP contribution in [0.3, 0.4) is 0 Å². The van der Waals surface area contributed by atoms with Crippen LogP contribution in [0.2, 0.25) is 0 Å². The van der Waals surface area contributed by atoms with Gasteiger partial charge in [-0.15, -0.1) is 5.10 Å². The lowest BCUT2D eigenvalue weighted by Crippen LogP contribution is -2.32. The summed E-state index contributed by atoms with van der Waals surface area (Å²) in [7, 11) is 0. The highest BCUT2D eigenvalue weighted by atomic mass is 32.2. The van der Waals surface area contributed by atoms with Crippen LogP contribution >= 0.6 is 0 Å². The highest BCUT2D eigenvalue weighted by Crippen LogP contribution is 2.25. The first-order valence-corrected chi connectivity index (χ1v) is 11.6. The van der Waals surface area contributed by atoms with E-state index in [0.29, 0.717) is 23.4 Å². The number of nitrogens with zero attached hydrogens (tertiary/aromatic N) is 6. The summed E-state index contributed by atoms with van der Waals surface area (Å²) < 4.78 is 26.2. The molecule has 0 aliphatic carbocycles. The maximum Gasteiger partial charge on any atom is 0.179 e. The van der Waals surface area contributed by atoms with E-state index in [1.807, 2.05) is 62.4 Å². The molecular formula is C24H21N6O2S-. The van der Waals surface area contributed by atoms with Crippen molar-refractivity contribution in [3.8, 4) is 11.3 Å². The number of benzene rings is 2. The van der Waals surface area contributed by atoms with Gasteiger partial charge in [-0.3, -0.25) is 9.19 Å². The van der Waals surface area contributed by atoms with Gasteiger partial charge in [-0.25, -0.2) is 9.67 Å². The molecule has 5 rings (SSSR count). The second-order valence-electron chi connectivity index (χ2n) is 8.00. The van der Waals surface area contributed by atoms with Gasteiger partial charge in [0.25, 0.3) is 0 Å². The fourth-order valence-corrected chi connectivity index (χ4v) is 4.49. The Hall–Kier alpha value is -3.69. The molecule has 0 fully saturated rings. The van der Waals surface area contributed by atoms with Crippen LogP contribution in [0.4, 0.5) is 5.69 Å². The Morgan fingerprint density at radius 2 is 1.82 bits per heavy atom. The van der Waals surface area contributed by atoms with E-state index in [1.165, 1.54) is 4.31 Å². The molecule has 0 aliphatic heterocycles. The van der Waals surface area contributed by atoms with Crippen molar-refractivity contribution in [2.75, 3.05) is 4.31 Å². The molecule has 5 aromatic rings. The molecular weight excluding hydrogens is 436 g/mol. The number of pyridine rings is 2. The third kappa shape index (κ3) is 4.20. The second kappa shape index (κ2) is 8.68. The Bertz CT molecular complexity index is 1470. The van der Waals surface area contributed by atoms with Gasteiger partial charge in [-0.05, 0) is 61.9 Å². The molecule has 166 valence electrons. The van der Waals surface area contributed by atoms with Gasteiger partial charge in [0, 0.05) is 40.1 Å². The van der Waals surface area contributed by atoms with E-state index in [1.54, 1.807) is 23.0 Å². The number of fused-ring (bicyclic) bond motifs is 2. The first kappa shape index (κ1) is 21.2. The normalized spacial score (nSPS) is 12.5. The van der Waals surface area contributed by atoms with Crippen molar-refractivity contribution in [2.24, 2.45) is 0 Å². The van der Waals surface area contributed by atoms with E-state index in [4.69, 9.17) is 4.98 Å². The van der Waals surface area contributed by atoms with E-state index >= 15 is 0 Å². The summed E-state index contributed by atoms with van der Waals surface area (Å²) in [6.07, 6.45) is 1.78. The molecule has 0 N–H and O–H groups in total. The predicted octanol–water partition coefficient (Wildman–Crippen LogP) is 4.10. The zero-order valence-electron chi connectivity index (χ0n) is 18.1. The summed E-state index contributed by atoms with van der Waals surface area (Å²) in [6, 6.07) is 21.0. The number of hydrogen-bond acceptors (Lipinski definition) is 6. The fraction of sp³-hybridized carbons (Fsp3) is 0.167. The maximum atomic E-state index is 11.6. The van der Waals surface area contributed by atoms with Crippen molar-refractivity contribution in [3.05, 3.63) is 78.5 Å². The van der Waals surface area contributed by atoms with Gasteiger partial charge in [0.1, 0.15) is 5.52 Å². The Balaban J connectivity index is 1.46. The predicted molar refractivity (Wildman–Crippen MR) is 128 cm³/mol. The molecule has 0 saturated carbocycles. The smallest absolute Gasteiger partial charge is 0.179 e. The molecule has 0 aliphatic rings. The van der Waals surface area contributed by atoms with Crippen LogP contribution in [0.15, 0.2) is 72.9 Å². The first-order chi connectivity index (χ1) is 16.0. The summed E-state index contributed by atoms with van der Waals surface area (Å²) in [5.41, 5.74) is 5.69. The van der Waals surface area contributed by atoms with Gasteiger partial charge in [0.2, 0.25) is 0 Å². The lowest BCUT2D eigenvalue weighted by atomic mass is 10.1. The van der Waals surface area contributed by atoms with Gasteiger partial charge >= 0.3 is 0 Å². The van der Waals surface area contributed by atoms with E-state index in [0.717, 1.165) is 27.7 Å². The Morgan fingerprint density at radius 1 is 1.03 bits per heavy atom. The largest absolute Gasteiger partial charge is 0.755 e. The van der Waals surface area contributed by atoms with Crippen LogP contribution < -0.4 is 4.31 Å². The van der Waals surface area contributed by atoms with Crippen LogP contribution in [0, 0.1) is 0 Å². The Labute approximate surface area is 193 Å². The summed E-state index contributed by atoms with van der Waals surface area (Å²) in [5.74, 6) is 0. The van der Waals surface area contributed by atoms with Crippen LogP contribution in [-0.4, -0.2) is 39.8 Å². The van der Waals surface area contributed by atoms with E-state index in [-0.39, 0.29) is 6.04 Å². The quantitative estimate of drug-likeness (QED) is 0.356. The topological polar surface area (TPSA) is 99.9 Å². The lowest BCUT2D eigenvalue weighted by molar-refractivity contribution is 0.527. The van der Waals surface area contributed by atoms with Crippen LogP contribution in [0.5, 0.6) is 0 Å². The van der Waals surface area contributed by atoms with E-state index in [2.05, 4.69) is 21.4 Å². The van der Waals surface area contributed by atoms with E-state index in [9.17, 15) is 8.76 Å². The van der Waals surface area contributed by atoms with Crippen molar-refractivity contribution >= 4 is 39.0 Å². The average molecular weight is 458 g/mol. The molecule has 2 aromatic carbocycles. The summed E-state index contributed by atoms with van der Waals surface area (Å²) in [4.78, 5) is 9.17. The van der Waals surface area contributed by atoms with Crippen molar-refractivity contribution in [2.45, 2.75) is 26.4 Å². The monoisotopic (exact) mass is 457 g/mol. The average Bonchev–Trinajstić information content (AvgIpc) is 3.21. The maximum absolute atomic E-state index is 11.6. The molecule has 1 unspecified atom stereocenters. The van der Waals surface area contributed by atoms with Gasteiger partial charge in [0.05, 0.1) is 17.8 Å². The van der Waals surface area contributed by atoms with Crippen LogP contribution in [0.25, 0.3) is 33.3 Å². The zero-order chi connectivity index (χ0) is 22.9. The van der Waals surface area contributed by atoms with Gasteiger partial charge in [-0.1, -0.05) is 29.5 Å². The Kier molecular flexibility index (Phi) is 5.57. The molecule has 3 heterocycles. The first-order valence-electron chi connectivity index (χ1n) is 10.5. The van der Waals surface area contributed by atoms with Crippen molar-refractivity contribution in [1.82, 2.24) is 25.0 Å². The minimum absolute atomic E-state index is 0.171. The van der Waals surface area contributed by atoms with Gasteiger partial charge in [0.15, 0.2) is 5.65 Å². The summed E-state index contributed by atoms with van der Waals surface area (Å²) in [5, 5.41) is 9.62. The molecule has 0 spiro atoms. The number of rotatable bonds is 6. The van der Waals surface area contributed by atoms with Gasteiger partial charge < -0.3 is 8.86 Å². The molecule has 8 nitrogen and oxygen atoms in total. The molecule has 0 radical (unpaired) electrons. The minimum atomic E-state index is -2.34. The van der Waals surface area contributed by atoms with Crippen molar-refractivity contribution < 1.29 is 8.76 Å². The highest BCUT2D eigenvalue weighted by molar-refractivity contribution is 7.80. The second-order valence-corrected chi connectivity index (χ2v) is 8.83. The van der Waals surface area contributed by atoms with Crippen molar-refractivity contribution in [1.29, 1.82) is 0 Å². The molecule has 0 saturated heterocycles. The summed E-state index contributed by atoms with van der Waals surface area (Å²) >= 11 is -2.34. The third-order valence-corrected chi connectivity index (χ3v) is 6.36. The fourth-order valence-electron chi connectivity index (χ4n) is 3.85. The summed E-state index contributed by atoms with van der Waals surface area (Å²) in [6.45, 7) is 4.20. The lowest BCUT2D eigenvalue weighted by Gasteiger charge is -2.30. The molecule has 9 heteroatoms. The minimum Gasteiger partial charge on any atom is -0.755 e. The van der Waals surface area contributed by atoms with E-state index < -0.39 is 11.3 Å². The molecule has 3 aromatic heterocycles. The zero-order valence-corrected chi connectivity index (χ0v) is 18.9. The van der Waals surface area contributed by atoms with Crippen molar-refractivity contribution in [3.63, 3.8) is 0 Å². The number of aromatic nitrogens is 5.